The molecule has 1 aliphatic heterocycles. The number of fused-ring (bicyclic) bond motifs is 2. The van der Waals surface area contributed by atoms with Gasteiger partial charge in [-0.1, -0.05) is 11.6 Å². The molecule has 1 amide bonds. The molecule has 0 radical (unpaired) electrons. The molecule has 4 heterocycles. The Kier molecular flexibility index (Phi) is 4.98. The quantitative estimate of drug-likeness (QED) is 0.484. The number of carbonyl (C=O) groups excluding carboxylic acids is 2. The van der Waals surface area contributed by atoms with Crippen molar-refractivity contribution in [1.82, 2.24) is 15.0 Å². The van der Waals surface area contributed by atoms with Crippen molar-refractivity contribution in [3.05, 3.63) is 70.8 Å². The molecule has 0 saturated heterocycles. The molecule has 3 aromatic rings. The minimum absolute atomic E-state index is 0.0624. The third-order valence-corrected chi connectivity index (χ3v) is 5.05. The van der Waals surface area contributed by atoms with Gasteiger partial charge < -0.3 is 9.80 Å². The molecular weight excluding hydrogens is 390 g/mol. The van der Waals surface area contributed by atoms with Crippen LogP contribution in [0.2, 0.25) is 5.15 Å². The number of amides is 1. The lowest BCUT2D eigenvalue weighted by Gasteiger charge is -2.23. The first kappa shape index (κ1) is 19.0. The van der Waals surface area contributed by atoms with Crippen LogP contribution in [-0.2, 0) is 6.42 Å². The topological polar surface area (TPSA) is 79.3 Å². The molecule has 8 heteroatoms. The summed E-state index contributed by atoms with van der Waals surface area (Å²) in [5, 5.41) is 0.339. The van der Waals surface area contributed by atoms with Gasteiger partial charge >= 0.3 is 0 Å². The lowest BCUT2D eigenvalue weighted by atomic mass is 10.0. The van der Waals surface area contributed by atoms with Gasteiger partial charge in [-0.2, -0.15) is 0 Å². The molecule has 7 nitrogen and oxygen atoms in total. The van der Waals surface area contributed by atoms with Crippen molar-refractivity contribution in [2.24, 2.45) is 0 Å². The van der Waals surface area contributed by atoms with Gasteiger partial charge in [0.05, 0.1) is 11.3 Å². The van der Waals surface area contributed by atoms with Gasteiger partial charge in [0.15, 0.2) is 11.6 Å². The first-order valence-electron chi connectivity index (χ1n) is 9.14. The SMILES string of the molecule is CCN1c2ncc(CC(=O)c3ccncc3)cc2C(=O)N(C)c2ccc(Cl)nc21. The van der Waals surface area contributed by atoms with E-state index >= 15 is 0 Å². The number of carbonyl (C=O) groups is 2. The molecule has 0 unspecified atom stereocenters. The molecule has 0 fully saturated rings. The number of rotatable bonds is 4. The number of pyridine rings is 3. The number of ketones is 1. The number of halogens is 1. The second-order valence-electron chi connectivity index (χ2n) is 6.64. The van der Waals surface area contributed by atoms with Gasteiger partial charge in [0, 0.05) is 44.2 Å². The van der Waals surface area contributed by atoms with Gasteiger partial charge in [-0.25, -0.2) is 9.97 Å². The highest BCUT2D eigenvalue weighted by molar-refractivity contribution is 6.29. The summed E-state index contributed by atoms with van der Waals surface area (Å²) in [5.41, 5.74) is 2.30. The molecule has 146 valence electrons. The van der Waals surface area contributed by atoms with Crippen molar-refractivity contribution in [3.63, 3.8) is 0 Å². The smallest absolute Gasteiger partial charge is 0.261 e. The second kappa shape index (κ2) is 7.60. The summed E-state index contributed by atoms with van der Waals surface area (Å²) in [5.74, 6) is 0.792. The molecule has 4 rings (SSSR count). The highest BCUT2D eigenvalue weighted by Gasteiger charge is 2.31. The van der Waals surface area contributed by atoms with E-state index in [1.165, 1.54) is 4.90 Å². The van der Waals surface area contributed by atoms with E-state index in [1.807, 2.05) is 11.8 Å². The van der Waals surface area contributed by atoms with Gasteiger partial charge in [-0.15, -0.1) is 0 Å². The van der Waals surface area contributed by atoms with Gasteiger partial charge in [-0.05, 0) is 42.8 Å². The summed E-state index contributed by atoms with van der Waals surface area (Å²) in [4.78, 5) is 42.0. The average Bonchev–Trinajstić information content (AvgIpc) is 2.82. The molecule has 0 saturated carbocycles. The summed E-state index contributed by atoms with van der Waals surface area (Å²) in [6.45, 7) is 2.51. The zero-order valence-electron chi connectivity index (χ0n) is 16.0. The van der Waals surface area contributed by atoms with Crippen molar-refractivity contribution in [2.75, 3.05) is 23.4 Å². The summed E-state index contributed by atoms with van der Waals surface area (Å²) in [7, 11) is 1.69. The third-order valence-electron chi connectivity index (χ3n) is 4.83. The maximum atomic E-state index is 13.2. The number of nitrogens with zero attached hydrogens (tertiary/aromatic N) is 5. The molecule has 0 spiro atoms. The molecular formula is C21H18ClN5O2. The van der Waals surface area contributed by atoms with Gasteiger partial charge in [0.1, 0.15) is 11.0 Å². The van der Waals surface area contributed by atoms with Crippen molar-refractivity contribution in [1.29, 1.82) is 0 Å². The summed E-state index contributed by atoms with van der Waals surface area (Å²) >= 11 is 6.10. The molecule has 0 bridgehead atoms. The largest absolute Gasteiger partial charge is 0.309 e. The molecule has 1 aliphatic rings. The summed E-state index contributed by atoms with van der Waals surface area (Å²) in [6.07, 6.45) is 4.93. The van der Waals surface area contributed by atoms with E-state index in [9.17, 15) is 9.59 Å². The van der Waals surface area contributed by atoms with Gasteiger partial charge in [0.25, 0.3) is 5.91 Å². The number of hydrogen-bond donors (Lipinski definition) is 0. The maximum absolute atomic E-state index is 13.2. The van der Waals surface area contributed by atoms with Crippen LogP contribution in [0.1, 0.15) is 33.2 Å². The van der Waals surface area contributed by atoms with Crippen LogP contribution in [0.5, 0.6) is 0 Å². The van der Waals surface area contributed by atoms with Crippen LogP contribution in [0, 0.1) is 0 Å². The van der Waals surface area contributed by atoms with Crippen molar-refractivity contribution in [2.45, 2.75) is 13.3 Å². The molecule has 0 aliphatic carbocycles. The number of Topliss-reactive ketones (excluding diaryl/α,β-unsaturated/α-hetero) is 1. The fourth-order valence-electron chi connectivity index (χ4n) is 3.36. The highest BCUT2D eigenvalue weighted by Crippen LogP contribution is 2.38. The first-order chi connectivity index (χ1) is 14.0. The Bertz CT molecular complexity index is 1100. The van der Waals surface area contributed by atoms with E-state index in [4.69, 9.17) is 11.6 Å². The minimum atomic E-state index is -0.216. The van der Waals surface area contributed by atoms with E-state index in [2.05, 4.69) is 15.0 Å². The fourth-order valence-corrected chi connectivity index (χ4v) is 3.51. The van der Waals surface area contributed by atoms with Crippen LogP contribution in [0.15, 0.2) is 48.9 Å². The molecule has 0 N–H and O–H groups in total. The highest BCUT2D eigenvalue weighted by atomic mass is 35.5. The summed E-state index contributed by atoms with van der Waals surface area (Å²) in [6, 6.07) is 8.49. The Morgan fingerprint density at radius 2 is 1.90 bits per heavy atom. The van der Waals surface area contributed by atoms with Crippen LogP contribution in [0.4, 0.5) is 17.3 Å². The maximum Gasteiger partial charge on any atom is 0.261 e. The van der Waals surface area contributed by atoms with Gasteiger partial charge in [0.2, 0.25) is 0 Å². The van der Waals surface area contributed by atoms with E-state index in [-0.39, 0.29) is 18.1 Å². The number of anilines is 3. The molecule has 0 atom stereocenters. The Balaban J connectivity index is 1.76. The lowest BCUT2D eigenvalue weighted by Crippen LogP contribution is -2.25. The Morgan fingerprint density at radius 1 is 1.14 bits per heavy atom. The Morgan fingerprint density at radius 3 is 2.62 bits per heavy atom. The summed E-state index contributed by atoms with van der Waals surface area (Å²) < 4.78 is 0. The Hall–Kier alpha value is -3.32. The molecule has 29 heavy (non-hydrogen) atoms. The van der Waals surface area contributed by atoms with Crippen LogP contribution in [-0.4, -0.2) is 40.2 Å². The van der Waals surface area contributed by atoms with E-state index < -0.39 is 0 Å². The Labute approximate surface area is 173 Å². The van der Waals surface area contributed by atoms with Crippen LogP contribution < -0.4 is 9.80 Å². The first-order valence-corrected chi connectivity index (χ1v) is 9.51. The second-order valence-corrected chi connectivity index (χ2v) is 7.02. The van der Waals surface area contributed by atoms with Crippen molar-refractivity contribution in [3.8, 4) is 0 Å². The van der Waals surface area contributed by atoms with E-state index in [0.29, 0.717) is 45.7 Å². The number of hydrogen-bond acceptors (Lipinski definition) is 6. The lowest BCUT2D eigenvalue weighted by molar-refractivity contribution is 0.0982. The number of aromatic nitrogens is 3. The monoisotopic (exact) mass is 407 g/mol. The van der Waals surface area contributed by atoms with Crippen molar-refractivity contribution >= 4 is 40.6 Å². The standard InChI is InChI=1S/C21H18ClN5O2/c1-3-27-19-15(21(29)26(2)16-4-5-18(22)25-20(16)27)10-13(12-24-19)11-17(28)14-6-8-23-9-7-14/h4-10,12H,3,11H2,1-2H3. The third kappa shape index (κ3) is 3.45. The zero-order valence-corrected chi connectivity index (χ0v) is 16.7. The van der Waals surface area contributed by atoms with E-state index in [1.54, 1.807) is 56.0 Å². The fraction of sp³-hybridized carbons (Fsp3) is 0.190. The predicted octanol–water partition coefficient (Wildman–Crippen LogP) is 3.70. The zero-order chi connectivity index (χ0) is 20.5. The van der Waals surface area contributed by atoms with Crippen LogP contribution in [0.3, 0.4) is 0 Å². The normalized spacial score (nSPS) is 13.0. The predicted molar refractivity (Wildman–Crippen MR) is 111 cm³/mol. The molecule has 3 aromatic heterocycles. The average molecular weight is 408 g/mol. The van der Waals surface area contributed by atoms with E-state index in [0.717, 1.165) is 0 Å². The van der Waals surface area contributed by atoms with Gasteiger partial charge in [-0.3, -0.25) is 14.6 Å². The molecule has 0 aromatic carbocycles. The minimum Gasteiger partial charge on any atom is -0.309 e. The van der Waals surface area contributed by atoms with Crippen LogP contribution >= 0.6 is 11.6 Å². The van der Waals surface area contributed by atoms with Crippen molar-refractivity contribution < 1.29 is 9.59 Å². The van der Waals surface area contributed by atoms with Crippen LogP contribution in [0.25, 0.3) is 0 Å².